The molecule has 2 rings (SSSR count). The zero-order chi connectivity index (χ0) is 13.3. The molecule has 3 amide bonds. The van der Waals surface area contributed by atoms with Crippen LogP contribution in [0.15, 0.2) is 0 Å². The fourth-order valence-electron chi connectivity index (χ4n) is 2.67. The highest BCUT2D eigenvalue weighted by atomic mass is 16.3. The summed E-state index contributed by atoms with van der Waals surface area (Å²) in [5, 5.41) is 12.6. The van der Waals surface area contributed by atoms with Gasteiger partial charge in [0, 0.05) is 12.8 Å². The van der Waals surface area contributed by atoms with Gasteiger partial charge in [0.1, 0.15) is 18.2 Å². The van der Waals surface area contributed by atoms with Crippen molar-refractivity contribution in [3.63, 3.8) is 0 Å². The molecule has 6 heteroatoms. The standard InChI is InChI=1S/C12H21N3O3/c1-12(2)10(17)15(11(18)13-12)8-9(16)7-14-5-3-4-6-14/h9,16H,3-8H2,1-2H3,(H,13,18)/p+1/t9-/m0/s1. The number of hydrogen-bond acceptors (Lipinski definition) is 3. The van der Waals surface area contributed by atoms with Gasteiger partial charge in [-0.15, -0.1) is 0 Å². The van der Waals surface area contributed by atoms with Crippen LogP contribution in [0.3, 0.4) is 0 Å². The van der Waals surface area contributed by atoms with Crippen LogP contribution in [-0.2, 0) is 4.79 Å². The fourth-order valence-corrected chi connectivity index (χ4v) is 2.67. The monoisotopic (exact) mass is 256 g/mol. The molecule has 0 aromatic rings. The number of β-amino-alcohol motifs (C(OH)–C–C–N with tert-alkyl or cyclic N) is 1. The molecule has 0 aliphatic carbocycles. The Bertz CT molecular complexity index is 350. The highest BCUT2D eigenvalue weighted by Crippen LogP contribution is 2.16. The first kappa shape index (κ1) is 13.3. The number of imide groups is 1. The third-order valence-electron chi connectivity index (χ3n) is 3.67. The molecule has 2 aliphatic rings. The minimum atomic E-state index is -0.850. The Labute approximate surface area is 107 Å². The molecule has 0 aromatic carbocycles. The summed E-state index contributed by atoms with van der Waals surface area (Å²) in [6.07, 6.45) is 1.75. The number of likely N-dealkylation sites (tertiary alicyclic amines) is 1. The molecule has 1 atom stereocenters. The maximum absolute atomic E-state index is 11.9. The lowest BCUT2D eigenvalue weighted by atomic mass is 10.1. The Morgan fingerprint density at radius 2 is 2.00 bits per heavy atom. The van der Waals surface area contributed by atoms with Crippen molar-refractivity contribution in [1.82, 2.24) is 10.2 Å². The number of amides is 3. The number of aliphatic hydroxyl groups excluding tert-OH is 1. The van der Waals surface area contributed by atoms with E-state index in [1.54, 1.807) is 13.8 Å². The topological polar surface area (TPSA) is 74.1 Å². The van der Waals surface area contributed by atoms with Crippen molar-refractivity contribution in [2.24, 2.45) is 0 Å². The Hall–Kier alpha value is -1.14. The van der Waals surface area contributed by atoms with Gasteiger partial charge in [-0.25, -0.2) is 4.79 Å². The summed E-state index contributed by atoms with van der Waals surface area (Å²) in [5.41, 5.74) is -0.850. The lowest BCUT2D eigenvalue weighted by Gasteiger charge is -2.21. The van der Waals surface area contributed by atoms with Crippen LogP contribution in [0.1, 0.15) is 26.7 Å². The second-order valence-electron chi connectivity index (χ2n) is 5.79. The lowest BCUT2D eigenvalue weighted by molar-refractivity contribution is -0.890. The van der Waals surface area contributed by atoms with E-state index in [2.05, 4.69) is 5.32 Å². The first-order valence-corrected chi connectivity index (χ1v) is 6.56. The van der Waals surface area contributed by atoms with E-state index in [0.29, 0.717) is 6.54 Å². The van der Waals surface area contributed by atoms with Gasteiger partial charge in [-0.3, -0.25) is 9.69 Å². The van der Waals surface area contributed by atoms with E-state index in [9.17, 15) is 14.7 Å². The van der Waals surface area contributed by atoms with Crippen LogP contribution in [-0.4, -0.2) is 59.8 Å². The summed E-state index contributed by atoms with van der Waals surface area (Å²) in [7, 11) is 0. The van der Waals surface area contributed by atoms with Gasteiger partial charge in [-0.05, 0) is 13.8 Å². The first-order valence-electron chi connectivity index (χ1n) is 6.56. The smallest absolute Gasteiger partial charge is 0.325 e. The summed E-state index contributed by atoms with van der Waals surface area (Å²) in [6, 6.07) is -0.402. The summed E-state index contributed by atoms with van der Waals surface area (Å²) < 4.78 is 0. The molecule has 2 aliphatic heterocycles. The normalized spacial score (nSPS) is 25.6. The van der Waals surface area contributed by atoms with E-state index in [-0.39, 0.29) is 12.5 Å². The van der Waals surface area contributed by atoms with Crippen LogP contribution in [0, 0.1) is 0 Å². The van der Waals surface area contributed by atoms with E-state index in [0.717, 1.165) is 18.0 Å². The maximum atomic E-state index is 11.9. The summed E-state index contributed by atoms with van der Waals surface area (Å²) in [4.78, 5) is 26.1. The molecule has 2 heterocycles. The summed E-state index contributed by atoms with van der Waals surface area (Å²) in [6.45, 7) is 6.19. The minimum Gasteiger partial charge on any atom is -0.385 e. The van der Waals surface area contributed by atoms with Crippen molar-refractivity contribution in [3.8, 4) is 0 Å². The molecule has 0 spiro atoms. The first-order chi connectivity index (χ1) is 8.40. The average Bonchev–Trinajstić information content (AvgIpc) is 2.82. The molecule has 2 saturated heterocycles. The number of rotatable bonds is 4. The molecule has 18 heavy (non-hydrogen) atoms. The number of hydrogen-bond donors (Lipinski definition) is 3. The maximum Gasteiger partial charge on any atom is 0.325 e. The van der Waals surface area contributed by atoms with E-state index in [1.165, 1.54) is 17.7 Å². The SMILES string of the molecule is CC1(C)NC(=O)N(C[C@@H](O)C[NH+]2CCCC2)C1=O. The third-order valence-corrected chi connectivity index (χ3v) is 3.67. The highest BCUT2D eigenvalue weighted by molar-refractivity contribution is 6.06. The predicted molar refractivity (Wildman–Crippen MR) is 65.1 cm³/mol. The van der Waals surface area contributed by atoms with Crippen molar-refractivity contribution >= 4 is 11.9 Å². The lowest BCUT2D eigenvalue weighted by Crippen LogP contribution is -3.11. The van der Waals surface area contributed by atoms with Gasteiger partial charge in [0.25, 0.3) is 5.91 Å². The van der Waals surface area contributed by atoms with E-state index in [1.807, 2.05) is 0 Å². The van der Waals surface area contributed by atoms with Gasteiger partial charge in [0.15, 0.2) is 0 Å². The Kier molecular flexibility index (Phi) is 3.59. The zero-order valence-electron chi connectivity index (χ0n) is 11.0. The number of quaternary nitrogens is 1. The quantitative estimate of drug-likeness (QED) is 0.528. The molecule has 2 fully saturated rings. The number of nitrogens with one attached hydrogen (secondary N) is 2. The zero-order valence-corrected chi connectivity index (χ0v) is 11.0. The van der Waals surface area contributed by atoms with Crippen LogP contribution < -0.4 is 10.2 Å². The molecule has 0 radical (unpaired) electrons. The van der Waals surface area contributed by atoms with Gasteiger partial charge in [-0.1, -0.05) is 0 Å². The van der Waals surface area contributed by atoms with Crippen LogP contribution in [0.5, 0.6) is 0 Å². The molecule has 0 bridgehead atoms. The van der Waals surface area contributed by atoms with Gasteiger partial charge >= 0.3 is 6.03 Å². The second-order valence-corrected chi connectivity index (χ2v) is 5.79. The summed E-state index contributed by atoms with van der Waals surface area (Å²) >= 11 is 0. The molecule has 6 nitrogen and oxygen atoms in total. The highest BCUT2D eigenvalue weighted by Gasteiger charge is 2.44. The molecular weight excluding hydrogens is 234 g/mol. The number of nitrogens with zero attached hydrogens (tertiary/aromatic N) is 1. The van der Waals surface area contributed by atoms with Crippen molar-refractivity contribution < 1.29 is 19.6 Å². The Morgan fingerprint density at radius 1 is 1.39 bits per heavy atom. The molecule has 0 unspecified atom stereocenters. The largest absolute Gasteiger partial charge is 0.385 e. The van der Waals surface area contributed by atoms with Gasteiger partial charge < -0.3 is 15.3 Å². The van der Waals surface area contributed by atoms with E-state index >= 15 is 0 Å². The van der Waals surface area contributed by atoms with Crippen molar-refractivity contribution in [1.29, 1.82) is 0 Å². The Balaban J connectivity index is 1.88. The van der Waals surface area contributed by atoms with Crippen molar-refractivity contribution in [3.05, 3.63) is 0 Å². The molecule has 0 saturated carbocycles. The van der Waals surface area contributed by atoms with Crippen molar-refractivity contribution in [2.75, 3.05) is 26.2 Å². The van der Waals surface area contributed by atoms with Crippen molar-refractivity contribution in [2.45, 2.75) is 38.3 Å². The minimum absolute atomic E-state index is 0.0948. The molecule has 0 aromatic heterocycles. The van der Waals surface area contributed by atoms with Gasteiger partial charge in [0.2, 0.25) is 0 Å². The molecule has 102 valence electrons. The molecular formula is C12H22N3O3+. The number of carbonyl (C=O) groups is 2. The number of carbonyl (C=O) groups excluding carboxylic acids is 2. The molecule has 3 N–H and O–H groups in total. The van der Waals surface area contributed by atoms with Crippen LogP contribution in [0.25, 0.3) is 0 Å². The predicted octanol–water partition coefficient (Wildman–Crippen LogP) is -1.64. The number of urea groups is 1. The second kappa shape index (κ2) is 4.85. The van der Waals surface area contributed by atoms with E-state index < -0.39 is 17.7 Å². The number of aliphatic hydroxyl groups is 1. The average molecular weight is 256 g/mol. The van der Waals surface area contributed by atoms with Gasteiger partial charge in [0.05, 0.1) is 19.6 Å². The summed E-state index contributed by atoms with van der Waals surface area (Å²) in [5.74, 6) is -0.261. The van der Waals surface area contributed by atoms with Crippen LogP contribution in [0.4, 0.5) is 4.79 Å². The van der Waals surface area contributed by atoms with Crippen LogP contribution >= 0.6 is 0 Å². The Morgan fingerprint density at radius 3 is 2.50 bits per heavy atom. The fraction of sp³-hybridized carbons (Fsp3) is 0.833. The van der Waals surface area contributed by atoms with Crippen LogP contribution in [0.2, 0.25) is 0 Å². The van der Waals surface area contributed by atoms with E-state index in [4.69, 9.17) is 0 Å². The van der Waals surface area contributed by atoms with Gasteiger partial charge in [-0.2, -0.15) is 0 Å². The third kappa shape index (κ3) is 2.64.